The molecule has 3 rings (SSSR count). The van der Waals surface area contributed by atoms with E-state index in [0.717, 1.165) is 29.8 Å². The minimum atomic E-state index is -0.277. The molecule has 0 spiro atoms. The van der Waals surface area contributed by atoms with E-state index in [9.17, 15) is 9.59 Å². The van der Waals surface area contributed by atoms with Crippen molar-refractivity contribution in [3.8, 4) is 0 Å². The highest BCUT2D eigenvalue weighted by Crippen LogP contribution is 2.32. The lowest BCUT2D eigenvalue weighted by Gasteiger charge is -2.25. The summed E-state index contributed by atoms with van der Waals surface area (Å²) >= 11 is 0. The van der Waals surface area contributed by atoms with E-state index in [1.807, 2.05) is 23.9 Å². The average Bonchev–Trinajstić information content (AvgIpc) is 2.85. The summed E-state index contributed by atoms with van der Waals surface area (Å²) < 4.78 is 1.96. The van der Waals surface area contributed by atoms with Crippen LogP contribution in [0.5, 0.6) is 0 Å². The standard InChI is InChI=1S/C19H22N4O2/c1-3-18(24)20-15-7-4-6-14(10-15)11-19(25)21-17-12-23(22-13(17)2)16-8-5-9-16/h3-4,6-7,10,12,16H,1,5,8-9,11H2,2H3,(H,20,24)(H,21,25). The Morgan fingerprint density at radius 3 is 2.84 bits per heavy atom. The Morgan fingerprint density at radius 2 is 2.16 bits per heavy atom. The molecular weight excluding hydrogens is 316 g/mol. The minimum Gasteiger partial charge on any atom is -0.323 e. The highest BCUT2D eigenvalue weighted by atomic mass is 16.2. The van der Waals surface area contributed by atoms with Gasteiger partial charge in [-0.05, 0) is 50.0 Å². The Bertz CT molecular complexity index is 806. The summed E-state index contributed by atoms with van der Waals surface area (Å²) in [6.07, 6.45) is 6.89. The van der Waals surface area contributed by atoms with Crippen LogP contribution < -0.4 is 10.6 Å². The quantitative estimate of drug-likeness (QED) is 0.794. The fraction of sp³-hybridized carbons (Fsp3) is 0.316. The van der Waals surface area contributed by atoms with Crippen LogP contribution >= 0.6 is 0 Å². The Hall–Kier alpha value is -2.89. The second-order valence-corrected chi connectivity index (χ2v) is 6.31. The second-order valence-electron chi connectivity index (χ2n) is 6.31. The first-order valence-electron chi connectivity index (χ1n) is 8.43. The molecule has 0 radical (unpaired) electrons. The van der Waals surface area contributed by atoms with Gasteiger partial charge in [-0.25, -0.2) is 0 Å². The smallest absolute Gasteiger partial charge is 0.247 e. The van der Waals surface area contributed by atoms with Crippen LogP contribution in [0.25, 0.3) is 0 Å². The SMILES string of the molecule is C=CC(=O)Nc1cccc(CC(=O)Nc2cn(C3CCC3)nc2C)c1. The van der Waals surface area contributed by atoms with Crippen LogP contribution in [0.3, 0.4) is 0 Å². The average molecular weight is 338 g/mol. The summed E-state index contributed by atoms with van der Waals surface area (Å²) in [7, 11) is 0. The zero-order chi connectivity index (χ0) is 17.8. The Morgan fingerprint density at radius 1 is 1.36 bits per heavy atom. The summed E-state index contributed by atoms with van der Waals surface area (Å²) in [4.78, 5) is 23.7. The molecule has 1 aromatic heterocycles. The number of hydrogen-bond acceptors (Lipinski definition) is 3. The third kappa shape index (κ3) is 4.15. The molecule has 0 atom stereocenters. The Kier molecular flexibility index (Phi) is 4.97. The highest BCUT2D eigenvalue weighted by molar-refractivity contribution is 5.99. The van der Waals surface area contributed by atoms with Crippen LogP contribution in [0.15, 0.2) is 43.1 Å². The van der Waals surface area contributed by atoms with Crippen LogP contribution in [0.2, 0.25) is 0 Å². The van der Waals surface area contributed by atoms with Gasteiger partial charge in [0.05, 0.1) is 23.8 Å². The zero-order valence-electron chi connectivity index (χ0n) is 14.3. The first-order valence-corrected chi connectivity index (χ1v) is 8.43. The molecule has 2 N–H and O–H groups in total. The first-order chi connectivity index (χ1) is 12.0. The number of benzene rings is 1. The maximum absolute atomic E-state index is 12.3. The third-order valence-electron chi connectivity index (χ3n) is 4.38. The summed E-state index contributed by atoms with van der Waals surface area (Å²) in [6.45, 7) is 5.32. The van der Waals surface area contributed by atoms with Gasteiger partial charge in [0.2, 0.25) is 11.8 Å². The minimum absolute atomic E-state index is 0.108. The number of hydrogen-bond donors (Lipinski definition) is 2. The maximum atomic E-state index is 12.3. The zero-order valence-corrected chi connectivity index (χ0v) is 14.3. The van der Waals surface area contributed by atoms with Crippen molar-refractivity contribution in [2.24, 2.45) is 0 Å². The molecule has 1 fully saturated rings. The molecule has 1 saturated carbocycles. The first kappa shape index (κ1) is 17.0. The van der Waals surface area contributed by atoms with E-state index in [1.165, 1.54) is 12.5 Å². The van der Waals surface area contributed by atoms with Crippen LogP contribution in [0.4, 0.5) is 11.4 Å². The van der Waals surface area contributed by atoms with E-state index in [0.29, 0.717) is 11.7 Å². The second kappa shape index (κ2) is 7.34. The molecule has 130 valence electrons. The number of nitrogens with zero attached hydrogens (tertiary/aromatic N) is 2. The van der Waals surface area contributed by atoms with Gasteiger partial charge in [0.25, 0.3) is 0 Å². The number of aromatic nitrogens is 2. The Labute approximate surface area is 146 Å². The van der Waals surface area contributed by atoms with Gasteiger partial charge >= 0.3 is 0 Å². The summed E-state index contributed by atoms with van der Waals surface area (Å²) in [6, 6.07) is 7.69. The number of nitrogens with one attached hydrogen (secondary N) is 2. The molecule has 6 nitrogen and oxygen atoms in total. The van der Waals surface area contributed by atoms with Gasteiger partial charge < -0.3 is 10.6 Å². The third-order valence-corrected chi connectivity index (χ3v) is 4.38. The van der Waals surface area contributed by atoms with E-state index >= 15 is 0 Å². The number of aryl methyl sites for hydroxylation is 1. The molecule has 0 aliphatic heterocycles. The van der Waals surface area contributed by atoms with Gasteiger partial charge in [0, 0.05) is 11.9 Å². The van der Waals surface area contributed by atoms with Gasteiger partial charge in [-0.3, -0.25) is 14.3 Å². The predicted molar refractivity (Wildman–Crippen MR) is 97.5 cm³/mol. The summed E-state index contributed by atoms with van der Waals surface area (Å²) in [5.74, 6) is -0.385. The van der Waals surface area contributed by atoms with Crippen molar-refractivity contribution in [3.05, 3.63) is 54.4 Å². The molecule has 2 amide bonds. The molecule has 0 saturated heterocycles. The van der Waals surface area contributed by atoms with E-state index in [4.69, 9.17) is 0 Å². The van der Waals surface area contributed by atoms with Crippen molar-refractivity contribution in [1.82, 2.24) is 9.78 Å². The van der Waals surface area contributed by atoms with Crippen LogP contribution in [-0.2, 0) is 16.0 Å². The molecule has 0 unspecified atom stereocenters. The van der Waals surface area contributed by atoms with Crippen LogP contribution in [-0.4, -0.2) is 21.6 Å². The molecule has 0 bridgehead atoms. The molecule has 1 aromatic carbocycles. The van der Waals surface area contributed by atoms with Gasteiger partial charge in [0.1, 0.15) is 0 Å². The molecular formula is C19H22N4O2. The monoisotopic (exact) mass is 338 g/mol. The number of carbonyl (C=O) groups is 2. The van der Waals surface area contributed by atoms with E-state index in [2.05, 4.69) is 22.3 Å². The number of amides is 2. The topological polar surface area (TPSA) is 76.0 Å². The number of carbonyl (C=O) groups excluding carboxylic acids is 2. The lowest BCUT2D eigenvalue weighted by Crippen LogP contribution is -2.17. The normalized spacial score (nSPS) is 13.8. The van der Waals surface area contributed by atoms with E-state index in [1.54, 1.807) is 18.2 Å². The van der Waals surface area contributed by atoms with E-state index in [-0.39, 0.29) is 18.2 Å². The number of anilines is 2. The maximum Gasteiger partial charge on any atom is 0.247 e. The highest BCUT2D eigenvalue weighted by Gasteiger charge is 2.21. The fourth-order valence-corrected chi connectivity index (χ4v) is 2.77. The fourth-order valence-electron chi connectivity index (χ4n) is 2.77. The van der Waals surface area contributed by atoms with Crippen molar-refractivity contribution in [3.63, 3.8) is 0 Å². The van der Waals surface area contributed by atoms with Gasteiger partial charge in [0.15, 0.2) is 0 Å². The summed E-state index contributed by atoms with van der Waals surface area (Å²) in [5, 5.41) is 10.1. The molecule has 1 heterocycles. The van der Waals surface area contributed by atoms with Crippen molar-refractivity contribution >= 4 is 23.2 Å². The largest absolute Gasteiger partial charge is 0.323 e. The van der Waals surface area contributed by atoms with E-state index < -0.39 is 0 Å². The van der Waals surface area contributed by atoms with Gasteiger partial charge in [-0.1, -0.05) is 18.7 Å². The Balaban J connectivity index is 1.62. The predicted octanol–water partition coefficient (Wildman–Crippen LogP) is 3.22. The number of rotatable bonds is 6. The summed E-state index contributed by atoms with van der Waals surface area (Å²) in [5.41, 5.74) is 3.05. The van der Waals surface area contributed by atoms with Gasteiger partial charge in [-0.15, -0.1) is 0 Å². The molecule has 6 heteroatoms. The molecule has 1 aliphatic rings. The molecule has 25 heavy (non-hydrogen) atoms. The van der Waals surface area contributed by atoms with Crippen LogP contribution in [0.1, 0.15) is 36.6 Å². The lowest BCUT2D eigenvalue weighted by atomic mass is 9.93. The van der Waals surface area contributed by atoms with Crippen LogP contribution in [0, 0.1) is 6.92 Å². The molecule has 1 aliphatic carbocycles. The lowest BCUT2D eigenvalue weighted by molar-refractivity contribution is -0.115. The van der Waals surface area contributed by atoms with Crippen molar-refractivity contribution in [2.45, 2.75) is 38.6 Å². The van der Waals surface area contributed by atoms with Crippen molar-refractivity contribution in [1.29, 1.82) is 0 Å². The van der Waals surface area contributed by atoms with Crippen molar-refractivity contribution in [2.75, 3.05) is 10.6 Å². The van der Waals surface area contributed by atoms with Crippen molar-refractivity contribution < 1.29 is 9.59 Å². The van der Waals surface area contributed by atoms with Gasteiger partial charge in [-0.2, -0.15) is 5.10 Å². The molecule has 2 aromatic rings.